The van der Waals surface area contributed by atoms with Gasteiger partial charge in [0.1, 0.15) is 5.69 Å². The molecule has 15 heavy (non-hydrogen) atoms. The van der Waals surface area contributed by atoms with Crippen LogP contribution >= 0.6 is 0 Å². The Bertz CT molecular complexity index is 507. The summed E-state index contributed by atoms with van der Waals surface area (Å²) in [6, 6.07) is 1.88. The fourth-order valence-corrected chi connectivity index (χ4v) is 1.30. The van der Waals surface area contributed by atoms with E-state index in [4.69, 9.17) is 0 Å². The molecule has 0 bridgehead atoms. The number of rotatable bonds is 1. The predicted molar refractivity (Wildman–Crippen MR) is 55.4 cm³/mol. The first-order valence-electron chi connectivity index (χ1n) is 4.52. The fourth-order valence-electron chi connectivity index (χ4n) is 1.30. The van der Waals surface area contributed by atoms with Gasteiger partial charge in [-0.2, -0.15) is 0 Å². The molecule has 1 N–H and O–H groups in total. The largest absolute Gasteiger partial charge is 0.325 e. The summed E-state index contributed by atoms with van der Waals surface area (Å²) in [7, 11) is 0. The summed E-state index contributed by atoms with van der Waals surface area (Å²) >= 11 is 0. The second-order valence-electron chi connectivity index (χ2n) is 3.27. The third-order valence-corrected chi connectivity index (χ3v) is 1.88. The Balaban J connectivity index is 2.53. The van der Waals surface area contributed by atoms with Gasteiger partial charge in [0.25, 0.3) is 5.56 Å². The van der Waals surface area contributed by atoms with Crippen LogP contribution in [0.25, 0.3) is 11.5 Å². The molecule has 0 spiro atoms. The first-order valence-corrected chi connectivity index (χ1v) is 4.52. The molecule has 0 radical (unpaired) electrons. The van der Waals surface area contributed by atoms with Crippen LogP contribution < -0.4 is 5.56 Å². The molecule has 0 aliphatic rings. The Hall–Kier alpha value is -2.04. The van der Waals surface area contributed by atoms with Crippen molar-refractivity contribution >= 4 is 0 Å². The molecule has 0 amide bonds. The fraction of sp³-hybridized carbons (Fsp3) is 0.200. The zero-order chi connectivity index (χ0) is 10.8. The summed E-state index contributed by atoms with van der Waals surface area (Å²) in [6.45, 7) is 3.79. The first kappa shape index (κ1) is 9.51. The highest BCUT2D eigenvalue weighted by molar-refractivity contribution is 5.47. The molecule has 2 aromatic heterocycles. The summed E-state index contributed by atoms with van der Waals surface area (Å²) in [5, 5.41) is 0. The molecular formula is C10H10N4O. The Morgan fingerprint density at radius 2 is 1.87 bits per heavy atom. The Morgan fingerprint density at radius 1 is 1.20 bits per heavy atom. The molecule has 2 aromatic rings. The normalized spacial score (nSPS) is 10.3. The van der Waals surface area contributed by atoms with Crippen molar-refractivity contribution < 1.29 is 0 Å². The zero-order valence-corrected chi connectivity index (χ0v) is 8.48. The van der Waals surface area contributed by atoms with E-state index in [1.54, 1.807) is 0 Å². The van der Waals surface area contributed by atoms with Gasteiger partial charge in [-0.05, 0) is 19.9 Å². The minimum Gasteiger partial charge on any atom is -0.325 e. The molecule has 5 nitrogen and oxygen atoms in total. The molecule has 0 aliphatic heterocycles. The lowest BCUT2D eigenvalue weighted by Crippen LogP contribution is -2.06. The molecule has 0 aromatic carbocycles. The maximum Gasteiger partial charge on any atom is 0.266 e. The van der Waals surface area contributed by atoms with Crippen LogP contribution in [-0.2, 0) is 0 Å². The Morgan fingerprint density at radius 3 is 2.40 bits per heavy atom. The number of aromatic nitrogens is 4. The molecule has 5 heteroatoms. The average molecular weight is 202 g/mol. The maximum absolute atomic E-state index is 10.8. The van der Waals surface area contributed by atoms with Crippen molar-refractivity contribution in [2.24, 2.45) is 0 Å². The van der Waals surface area contributed by atoms with E-state index in [9.17, 15) is 4.79 Å². The standard InChI is InChI=1S/C10H10N4O/c1-6-3-7(2)14-10(13-6)8-4-12-9(15)5-11-8/h3-5H,1-2H3,(H,12,15). The molecule has 0 fully saturated rings. The molecule has 0 unspecified atom stereocenters. The lowest BCUT2D eigenvalue weighted by molar-refractivity contribution is 1.03. The monoisotopic (exact) mass is 202 g/mol. The van der Waals surface area contributed by atoms with E-state index in [2.05, 4.69) is 19.9 Å². The minimum atomic E-state index is -0.233. The number of nitrogens with zero attached hydrogens (tertiary/aromatic N) is 3. The van der Waals surface area contributed by atoms with Crippen LogP contribution in [0.5, 0.6) is 0 Å². The molecule has 0 saturated heterocycles. The van der Waals surface area contributed by atoms with Gasteiger partial charge in [-0.15, -0.1) is 0 Å². The van der Waals surface area contributed by atoms with Gasteiger partial charge in [-0.1, -0.05) is 0 Å². The van der Waals surface area contributed by atoms with E-state index in [0.717, 1.165) is 11.4 Å². The molecule has 0 saturated carbocycles. The summed E-state index contributed by atoms with van der Waals surface area (Å²) in [5.41, 5.74) is 2.10. The highest BCUT2D eigenvalue weighted by atomic mass is 16.1. The zero-order valence-electron chi connectivity index (χ0n) is 8.48. The van der Waals surface area contributed by atoms with E-state index in [1.807, 2.05) is 19.9 Å². The van der Waals surface area contributed by atoms with E-state index < -0.39 is 0 Å². The smallest absolute Gasteiger partial charge is 0.266 e. The second kappa shape index (κ2) is 3.61. The van der Waals surface area contributed by atoms with Gasteiger partial charge < -0.3 is 4.98 Å². The van der Waals surface area contributed by atoms with Gasteiger partial charge in [0.15, 0.2) is 5.82 Å². The number of hydrogen-bond donors (Lipinski definition) is 1. The summed E-state index contributed by atoms with van der Waals surface area (Å²) in [4.78, 5) is 25.8. The van der Waals surface area contributed by atoms with Crippen LogP contribution in [0.2, 0.25) is 0 Å². The molecule has 0 aliphatic carbocycles. The van der Waals surface area contributed by atoms with Crippen molar-refractivity contribution in [1.82, 2.24) is 19.9 Å². The third kappa shape index (κ3) is 2.07. The van der Waals surface area contributed by atoms with Crippen LogP contribution in [0.1, 0.15) is 11.4 Å². The van der Waals surface area contributed by atoms with E-state index in [1.165, 1.54) is 12.4 Å². The van der Waals surface area contributed by atoms with Gasteiger partial charge in [-0.3, -0.25) is 4.79 Å². The second-order valence-corrected chi connectivity index (χ2v) is 3.27. The molecule has 76 valence electrons. The topological polar surface area (TPSA) is 71.5 Å². The lowest BCUT2D eigenvalue weighted by atomic mass is 10.3. The van der Waals surface area contributed by atoms with Crippen LogP contribution in [0.15, 0.2) is 23.3 Å². The highest BCUT2D eigenvalue weighted by Gasteiger charge is 2.03. The first-order chi connectivity index (χ1) is 7.15. The number of aromatic amines is 1. The van der Waals surface area contributed by atoms with Crippen LogP contribution in [0.3, 0.4) is 0 Å². The predicted octanol–water partition coefficient (Wildman–Crippen LogP) is 0.844. The number of aryl methyl sites for hydroxylation is 2. The van der Waals surface area contributed by atoms with E-state index >= 15 is 0 Å². The van der Waals surface area contributed by atoms with Crippen molar-refractivity contribution in [2.45, 2.75) is 13.8 Å². The van der Waals surface area contributed by atoms with Gasteiger partial charge >= 0.3 is 0 Å². The molecular weight excluding hydrogens is 192 g/mol. The van der Waals surface area contributed by atoms with Crippen molar-refractivity contribution in [3.05, 3.63) is 40.2 Å². The Labute approximate surface area is 86.3 Å². The summed E-state index contributed by atoms with van der Waals surface area (Å²) in [5.74, 6) is 0.531. The van der Waals surface area contributed by atoms with Crippen molar-refractivity contribution in [2.75, 3.05) is 0 Å². The Kier molecular flexibility index (Phi) is 2.29. The number of H-pyrrole nitrogens is 1. The summed E-state index contributed by atoms with van der Waals surface area (Å²) in [6.07, 6.45) is 2.73. The molecule has 2 rings (SSSR count). The van der Waals surface area contributed by atoms with Crippen molar-refractivity contribution in [3.63, 3.8) is 0 Å². The number of hydrogen-bond acceptors (Lipinski definition) is 4. The van der Waals surface area contributed by atoms with Crippen LogP contribution in [0.4, 0.5) is 0 Å². The summed E-state index contributed by atoms with van der Waals surface area (Å²) < 4.78 is 0. The van der Waals surface area contributed by atoms with Gasteiger partial charge in [-0.25, -0.2) is 15.0 Å². The quantitative estimate of drug-likeness (QED) is 0.743. The van der Waals surface area contributed by atoms with Crippen LogP contribution in [-0.4, -0.2) is 19.9 Å². The SMILES string of the molecule is Cc1cc(C)nc(-c2c[nH]c(=O)cn2)n1. The van der Waals surface area contributed by atoms with Crippen LogP contribution in [0, 0.1) is 13.8 Å². The average Bonchev–Trinajstić information content (AvgIpc) is 2.17. The lowest BCUT2D eigenvalue weighted by Gasteiger charge is -2.01. The third-order valence-electron chi connectivity index (χ3n) is 1.88. The number of nitrogens with one attached hydrogen (secondary N) is 1. The van der Waals surface area contributed by atoms with Gasteiger partial charge in [0.05, 0.1) is 6.20 Å². The van der Waals surface area contributed by atoms with Gasteiger partial charge in [0, 0.05) is 17.6 Å². The highest BCUT2D eigenvalue weighted by Crippen LogP contribution is 2.10. The van der Waals surface area contributed by atoms with Crippen molar-refractivity contribution in [1.29, 1.82) is 0 Å². The molecule has 0 atom stereocenters. The van der Waals surface area contributed by atoms with E-state index in [0.29, 0.717) is 11.5 Å². The molecule has 2 heterocycles. The maximum atomic E-state index is 10.8. The van der Waals surface area contributed by atoms with Crippen molar-refractivity contribution in [3.8, 4) is 11.5 Å². The minimum absolute atomic E-state index is 0.233. The van der Waals surface area contributed by atoms with E-state index in [-0.39, 0.29) is 5.56 Å². The van der Waals surface area contributed by atoms with Gasteiger partial charge in [0.2, 0.25) is 0 Å².